The molecule has 2 nitrogen and oxygen atoms in total. The van der Waals surface area contributed by atoms with Crippen molar-refractivity contribution in [1.29, 1.82) is 0 Å². The van der Waals surface area contributed by atoms with E-state index in [0.29, 0.717) is 0 Å². The molecule has 0 spiro atoms. The van der Waals surface area contributed by atoms with Crippen molar-refractivity contribution in [2.75, 3.05) is 0 Å². The molecule has 1 rings (SSSR count). The lowest BCUT2D eigenvalue weighted by Crippen LogP contribution is -2.22. The van der Waals surface area contributed by atoms with Gasteiger partial charge in [0, 0.05) is 6.42 Å². The average Bonchev–Trinajstić information content (AvgIpc) is 1.65. The maximum absolute atomic E-state index is 8.71. The summed E-state index contributed by atoms with van der Waals surface area (Å²) in [4.78, 5) is 0. The summed E-state index contributed by atoms with van der Waals surface area (Å²) in [6.07, 6.45) is 8.11. The topological polar surface area (TPSA) is 40.5 Å². The first kappa shape index (κ1) is 5.54. The quantitative estimate of drug-likeness (QED) is 0.424. The Morgan fingerprint density at radius 1 is 1.38 bits per heavy atom. The molecule has 8 heavy (non-hydrogen) atoms. The molecule has 0 saturated carbocycles. The summed E-state index contributed by atoms with van der Waals surface area (Å²) >= 11 is 0. The minimum Gasteiger partial charge on any atom is -0.359 e. The highest BCUT2D eigenvalue weighted by atomic mass is 16.5. The predicted octanol–water partition coefficient (Wildman–Crippen LogP) is -0.199. The van der Waals surface area contributed by atoms with Crippen LogP contribution in [0.3, 0.4) is 0 Å². The second-order valence-electron chi connectivity index (χ2n) is 1.62. The third-order valence-corrected chi connectivity index (χ3v) is 0.830. The van der Waals surface area contributed by atoms with Gasteiger partial charge in [-0.3, -0.25) is 0 Å². The van der Waals surface area contributed by atoms with E-state index in [-0.39, 0.29) is 0 Å². The third kappa shape index (κ3) is 1.18. The molecule has 1 aliphatic rings. The van der Waals surface area contributed by atoms with Crippen LogP contribution in [0.15, 0.2) is 18.2 Å². The van der Waals surface area contributed by atoms with Crippen LogP contribution in [-0.2, 0) is 0 Å². The van der Waals surface area contributed by atoms with Gasteiger partial charge in [0.25, 0.3) is 0 Å². The van der Waals surface area contributed by atoms with Crippen molar-refractivity contribution in [3.8, 4) is 0 Å². The van der Waals surface area contributed by atoms with E-state index in [4.69, 9.17) is 10.2 Å². The molecule has 2 radical (unpaired) electrons. The summed E-state index contributed by atoms with van der Waals surface area (Å²) in [7, 11) is 0. The zero-order valence-electron chi connectivity index (χ0n) is 4.20. The molecule has 0 aromatic rings. The molecule has 0 fully saturated rings. The van der Waals surface area contributed by atoms with E-state index < -0.39 is 5.79 Å². The molecule has 0 amide bonds. The lowest BCUT2D eigenvalue weighted by atomic mass is 10.1. The Balaban J connectivity index is 2.69. The molecule has 2 N–H and O–H groups in total. The van der Waals surface area contributed by atoms with Crippen molar-refractivity contribution in [3.63, 3.8) is 0 Å². The van der Waals surface area contributed by atoms with Crippen molar-refractivity contribution in [2.45, 2.75) is 5.79 Å². The summed E-state index contributed by atoms with van der Waals surface area (Å²) in [6, 6.07) is 0. The minimum absolute atomic E-state index is 1.17. The van der Waals surface area contributed by atoms with E-state index >= 15 is 0 Å². The highest BCUT2D eigenvalue weighted by Crippen LogP contribution is 2.08. The minimum atomic E-state index is -1.77. The van der Waals surface area contributed by atoms with Crippen LogP contribution < -0.4 is 0 Å². The van der Waals surface area contributed by atoms with Gasteiger partial charge < -0.3 is 10.2 Å². The van der Waals surface area contributed by atoms with Crippen LogP contribution in [0.2, 0.25) is 0 Å². The van der Waals surface area contributed by atoms with Gasteiger partial charge in [-0.2, -0.15) is 0 Å². The van der Waals surface area contributed by atoms with E-state index in [9.17, 15) is 0 Å². The number of aliphatic hydroxyl groups is 2. The summed E-state index contributed by atoms with van der Waals surface area (Å²) in [5.41, 5.74) is 0. The molecule has 2 heteroatoms. The number of rotatable bonds is 0. The molecule has 0 aromatic heterocycles. The number of allylic oxidation sites excluding steroid dienone is 2. The van der Waals surface area contributed by atoms with Crippen LogP contribution in [-0.4, -0.2) is 16.0 Å². The Bertz CT molecular complexity index is 119. The highest BCUT2D eigenvalue weighted by molar-refractivity contribution is 5.18. The third-order valence-electron chi connectivity index (χ3n) is 0.830. The molecular weight excluding hydrogens is 104 g/mol. The maximum Gasteiger partial charge on any atom is 0.203 e. The molecule has 0 aromatic carbocycles. The zero-order valence-corrected chi connectivity index (χ0v) is 4.20. The second kappa shape index (κ2) is 1.73. The highest BCUT2D eigenvalue weighted by Gasteiger charge is 2.14. The largest absolute Gasteiger partial charge is 0.359 e. The lowest BCUT2D eigenvalue weighted by molar-refractivity contribution is -0.0751. The molecule has 0 saturated heterocycles. The van der Waals surface area contributed by atoms with Crippen molar-refractivity contribution in [1.82, 2.24) is 0 Å². The predicted molar refractivity (Wildman–Crippen MR) is 28.4 cm³/mol. The van der Waals surface area contributed by atoms with Gasteiger partial charge in [0.2, 0.25) is 5.79 Å². The molecule has 0 bridgehead atoms. The van der Waals surface area contributed by atoms with Gasteiger partial charge in [-0.25, -0.2) is 0 Å². The Morgan fingerprint density at radius 2 is 2.12 bits per heavy atom. The first-order valence-corrected chi connectivity index (χ1v) is 2.27. The van der Waals surface area contributed by atoms with E-state index in [1.165, 1.54) is 18.2 Å². The maximum atomic E-state index is 8.71. The van der Waals surface area contributed by atoms with Crippen molar-refractivity contribution >= 4 is 0 Å². The second-order valence-corrected chi connectivity index (χ2v) is 1.62. The fourth-order valence-electron chi connectivity index (χ4n) is 0.464. The zero-order chi connectivity index (χ0) is 6.04. The van der Waals surface area contributed by atoms with Gasteiger partial charge in [-0.1, -0.05) is 6.08 Å². The van der Waals surface area contributed by atoms with Crippen LogP contribution >= 0.6 is 0 Å². The Morgan fingerprint density at radius 3 is 2.38 bits per heavy atom. The monoisotopic (exact) mass is 110 g/mol. The summed E-state index contributed by atoms with van der Waals surface area (Å²) in [5, 5.41) is 17.4. The fraction of sp³-hybridized carbons (Fsp3) is 0.167. The molecule has 1 aliphatic carbocycles. The van der Waals surface area contributed by atoms with E-state index in [0.717, 1.165) is 0 Å². The Kier molecular flexibility index (Phi) is 1.19. The van der Waals surface area contributed by atoms with Crippen LogP contribution in [0.5, 0.6) is 0 Å². The fourth-order valence-corrected chi connectivity index (χ4v) is 0.464. The smallest absolute Gasteiger partial charge is 0.203 e. The first-order chi connectivity index (χ1) is 3.71. The van der Waals surface area contributed by atoms with Gasteiger partial charge in [0.05, 0.1) is 0 Å². The van der Waals surface area contributed by atoms with Gasteiger partial charge in [0.1, 0.15) is 0 Å². The van der Waals surface area contributed by atoms with Gasteiger partial charge >= 0.3 is 0 Å². The molecular formula is C6H6O2. The van der Waals surface area contributed by atoms with Gasteiger partial charge in [-0.15, -0.1) is 0 Å². The van der Waals surface area contributed by atoms with Crippen molar-refractivity contribution < 1.29 is 10.2 Å². The van der Waals surface area contributed by atoms with Crippen LogP contribution in [0.25, 0.3) is 0 Å². The molecule has 0 unspecified atom stereocenters. The van der Waals surface area contributed by atoms with E-state index in [2.05, 4.69) is 6.08 Å². The van der Waals surface area contributed by atoms with Crippen LogP contribution in [0.1, 0.15) is 0 Å². The number of hydrogen-bond acceptors (Lipinski definition) is 2. The first-order valence-electron chi connectivity index (χ1n) is 2.27. The molecule has 0 heterocycles. The molecule has 0 atom stereocenters. The standard InChI is InChI=1S/C6H6O2/c7-6(8)4-2-1-3-5-6/h1-2,4-5,7-8H. The lowest BCUT2D eigenvalue weighted by Gasteiger charge is -2.13. The van der Waals surface area contributed by atoms with Crippen LogP contribution in [0, 0.1) is 12.5 Å². The summed E-state index contributed by atoms with van der Waals surface area (Å²) in [6.45, 7) is 0. The van der Waals surface area contributed by atoms with Gasteiger partial charge in [-0.05, 0) is 18.2 Å². The molecule has 0 aliphatic heterocycles. The van der Waals surface area contributed by atoms with Gasteiger partial charge in [0.15, 0.2) is 0 Å². The van der Waals surface area contributed by atoms with E-state index in [1.807, 2.05) is 0 Å². The Hall–Kier alpha value is -0.600. The average molecular weight is 110 g/mol. The van der Waals surface area contributed by atoms with Crippen molar-refractivity contribution in [2.24, 2.45) is 0 Å². The Labute approximate surface area is 47.8 Å². The molecule has 42 valence electrons. The summed E-state index contributed by atoms with van der Waals surface area (Å²) < 4.78 is 0. The normalized spacial score (nSPS) is 23.8. The van der Waals surface area contributed by atoms with Crippen molar-refractivity contribution in [3.05, 3.63) is 30.7 Å². The van der Waals surface area contributed by atoms with E-state index in [1.54, 1.807) is 6.42 Å². The van der Waals surface area contributed by atoms with Crippen LogP contribution in [0.4, 0.5) is 0 Å². The summed E-state index contributed by atoms with van der Waals surface area (Å²) in [5.74, 6) is -1.77. The number of hydrogen-bond donors (Lipinski definition) is 2. The SMILES string of the molecule is OC1(O)C=[C][CH]C=C1.